The number of nitrogens with one attached hydrogen (secondary N) is 1. The molecule has 4 aliphatic heterocycles. The summed E-state index contributed by atoms with van der Waals surface area (Å²) in [5.41, 5.74) is -4.56. The fourth-order valence-electron chi connectivity index (χ4n) is 7.67. The van der Waals surface area contributed by atoms with Gasteiger partial charge in [-0.15, -0.1) is 0 Å². The molecule has 51 heavy (non-hydrogen) atoms. The summed E-state index contributed by atoms with van der Waals surface area (Å²) in [4.78, 5) is 43.9. The molecular weight excluding hydrogens is 686 g/mol. The summed E-state index contributed by atoms with van der Waals surface area (Å²) < 4.78 is 100. The number of ether oxygens (including phenoxy) is 2. The lowest BCUT2D eigenvalue weighted by molar-refractivity contribution is -0.302. The number of imide groups is 1. The van der Waals surface area contributed by atoms with Gasteiger partial charge in [0.15, 0.2) is 11.1 Å². The van der Waals surface area contributed by atoms with Crippen LogP contribution in [0.15, 0.2) is 54.9 Å². The van der Waals surface area contributed by atoms with Crippen molar-refractivity contribution in [1.82, 2.24) is 29.8 Å². The number of urea groups is 1. The molecular formula is C34H32F6N6O5. The zero-order valence-corrected chi connectivity index (χ0v) is 27.0. The van der Waals surface area contributed by atoms with Crippen molar-refractivity contribution in [3.63, 3.8) is 0 Å². The maximum absolute atomic E-state index is 15.8. The second-order valence-electron chi connectivity index (χ2n) is 13.8. The number of alkyl halides is 5. The molecule has 8 rings (SSSR count). The fourth-order valence-corrected chi connectivity index (χ4v) is 7.67. The maximum atomic E-state index is 15.8. The molecule has 0 bridgehead atoms. The van der Waals surface area contributed by atoms with Gasteiger partial charge in [0, 0.05) is 37.0 Å². The largest absolute Gasteiger partial charge is 0.416 e. The summed E-state index contributed by atoms with van der Waals surface area (Å²) in [7, 11) is 0. The molecule has 270 valence electrons. The first-order valence-electron chi connectivity index (χ1n) is 16.4. The smallest absolute Gasteiger partial charge is 0.378 e. The molecule has 0 saturated carbocycles. The molecule has 1 aliphatic carbocycles. The Kier molecular flexibility index (Phi) is 7.77. The second-order valence-corrected chi connectivity index (χ2v) is 13.8. The normalized spacial score (nSPS) is 25.5. The van der Waals surface area contributed by atoms with Crippen LogP contribution in [0, 0.1) is 5.82 Å². The van der Waals surface area contributed by atoms with Crippen molar-refractivity contribution in [1.29, 1.82) is 0 Å². The van der Waals surface area contributed by atoms with Gasteiger partial charge >= 0.3 is 12.2 Å². The monoisotopic (exact) mass is 718 g/mol. The van der Waals surface area contributed by atoms with Crippen molar-refractivity contribution >= 4 is 17.8 Å². The summed E-state index contributed by atoms with van der Waals surface area (Å²) in [5, 5.41) is 6.81. The van der Waals surface area contributed by atoms with Crippen molar-refractivity contribution in [2.45, 2.75) is 54.6 Å². The zero-order chi connectivity index (χ0) is 35.9. The molecule has 4 saturated heterocycles. The fraction of sp³-hybridized carbons (Fsp3) is 0.471. The van der Waals surface area contributed by atoms with Gasteiger partial charge in [-0.2, -0.15) is 18.3 Å². The van der Waals surface area contributed by atoms with Crippen LogP contribution in [0.2, 0.25) is 0 Å². The lowest BCUT2D eigenvalue weighted by Gasteiger charge is -2.50. The quantitative estimate of drug-likeness (QED) is 0.278. The van der Waals surface area contributed by atoms with Gasteiger partial charge in [-0.05, 0) is 41.3 Å². The van der Waals surface area contributed by atoms with E-state index in [1.165, 1.54) is 30.3 Å². The first kappa shape index (κ1) is 33.7. The Morgan fingerprint density at radius 2 is 1.75 bits per heavy atom. The predicted octanol–water partition coefficient (Wildman–Crippen LogP) is 3.94. The van der Waals surface area contributed by atoms with E-state index < -0.39 is 85.1 Å². The van der Waals surface area contributed by atoms with Gasteiger partial charge in [0.2, 0.25) is 5.91 Å². The Morgan fingerprint density at radius 1 is 1.00 bits per heavy atom. The van der Waals surface area contributed by atoms with Gasteiger partial charge in [-0.25, -0.2) is 18.0 Å². The number of carbonyl (C=O) groups is 3. The van der Waals surface area contributed by atoms with Crippen LogP contribution in [-0.4, -0.2) is 106 Å². The van der Waals surface area contributed by atoms with E-state index >= 15 is 8.78 Å². The molecule has 17 heteroatoms. The molecule has 2 atom stereocenters. The van der Waals surface area contributed by atoms with Crippen LogP contribution in [0.25, 0.3) is 11.1 Å². The Labute approximate surface area is 287 Å². The highest BCUT2D eigenvalue weighted by Gasteiger charge is 2.67. The van der Waals surface area contributed by atoms with Gasteiger partial charge in [0.1, 0.15) is 12.4 Å². The number of hydrogen-bond donors (Lipinski definition) is 1. The highest BCUT2D eigenvalue weighted by Crippen LogP contribution is 2.54. The van der Waals surface area contributed by atoms with Crippen LogP contribution in [0.3, 0.4) is 0 Å². The zero-order valence-electron chi connectivity index (χ0n) is 27.0. The third kappa shape index (κ3) is 5.39. The number of halogens is 6. The van der Waals surface area contributed by atoms with E-state index in [2.05, 4.69) is 15.3 Å². The van der Waals surface area contributed by atoms with Gasteiger partial charge in [-0.3, -0.25) is 24.1 Å². The van der Waals surface area contributed by atoms with Crippen LogP contribution >= 0.6 is 0 Å². The number of nitrogens with zero attached hydrogens (tertiary/aromatic N) is 5. The number of hydrogen-bond acceptors (Lipinski definition) is 7. The molecule has 1 aromatic heterocycles. The minimum Gasteiger partial charge on any atom is -0.378 e. The summed E-state index contributed by atoms with van der Waals surface area (Å²) in [6.45, 7) is -0.524. The SMILES string of the molecule is O=C1N[C@]2(CC(F)(F)c3cc(-c4cnn([C@H]5CCN(C6COC6)C5)c4)ccc32)C(=O)N1CC(=O)N(Cc1ccc(F)cc1)C1(C(F)(F)F)COC1. The van der Waals surface area contributed by atoms with Crippen molar-refractivity contribution in [2.75, 3.05) is 46.1 Å². The van der Waals surface area contributed by atoms with Gasteiger partial charge in [0.05, 0.1) is 51.1 Å². The first-order valence-corrected chi connectivity index (χ1v) is 16.4. The Morgan fingerprint density at radius 3 is 2.39 bits per heavy atom. The summed E-state index contributed by atoms with van der Waals surface area (Å²) in [6.07, 6.45) is -1.88. The number of carbonyl (C=O) groups excluding carboxylic acids is 3. The molecule has 1 spiro atoms. The Balaban J connectivity index is 1.04. The molecule has 1 N–H and O–H groups in total. The first-order chi connectivity index (χ1) is 24.2. The van der Waals surface area contributed by atoms with E-state index in [9.17, 15) is 31.9 Å². The highest BCUT2D eigenvalue weighted by molar-refractivity contribution is 6.10. The van der Waals surface area contributed by atoms with Gasteiger partial charge in [0.25, 0.3) is 11.8 Å². The van der Waals surface area contributed by atoms with Gasteiger partial charge < -0.3 is 19.7 Å². The number of amides is 4. The van der Waals surface area contributed by atoms with Crippen LogP contribution in [0.4, 0.5) is 31.1 Å². The van der Waals surface area contributed by atoms with Crippen molar-refractivity contribution in [2.24, 2.45) is 0 Å². The van der Waals surface area contributed by atoms with Crippen molar-refractivity contribution in [3.8, 4) is 11.1 Å². The molecule has 0 unspecified atom stereocenters. The van der Waals surface area contributed by atoms with Crippen LogP contribution in [0.5, 0.6) is 0 Å². The minimum absolute atomic E-state index is 0.105. The molecule has 3 aromatic rings. The Bertz CT molecular complexity index is 1890. The predicted molar refractivity (Wildman–Crippen MR) is 164 cm³/mol. The minimum atomic E-state index is -4.97. The number of aromatic nitrogens is 2. The Hall–Kier alpha value is -4.48. The van der Waals surface area contributed by atoms with E-state index in [4.69, 9.17) is 9.47 Å². The summed E-state index contributed by atoms with van der Waals surface area (Å²) in [5.74, 6) is -6.69. The van der Waals surface area contributed by atoms with Gasteiger partial charge in [-0.1, -0.05) is 24.3 Å². The van der Waals surface area contributed by atoms with Crippen LogP contribution in [-0.2, 0) is 37.1 Å². The van der Waals surface area contributed by atoms with Crippen molar-refractivity contribution < 1.29 is 50.2 Å². The van der Waals surface area contributed by atoms with E-state index in [1.807, 2.05) is 4.68 Å². The third-order valence-corrected chi connectivity index (χ3v) is 10.8. The topological polar surface area (TPSA) is 109 Å². The van der Waals surface area contributed by atoms with Crippen molar-refractivity contribution in [3.05, 3.63) is 77.4 Å². The lowest BCUT2D eigenvalue weighted by atomic mass is 9.90. The average Bonchev–Trinajstić information content (AvgIpc) is 3.79. The van der Waals surface area contributed by atoms with Crippen LogP contribution < -0.4 is 5.32 Å². The maximum Gasteiger partial charge on any atom is 0.416 e. The number of rotatable bonds is 8. The molecule has 0 radical (unpaired) electrons. The molecule has 11 nitrogen and oxygen atoms in total. The molecule has 4 fully saturated rings. The molecule has 2 aromatic carbocycles. The standard InChI is InChI=1S/C34H32F6N6O5/c35-23-4-1-20(2-5-23)11-45(31(18-51-19-31)34(38,39)40)28(47)14-44-29(48)32(42-30(44)49)17-33(36,37)27-9-21(3-6-26(27)32)22-10-41-46(12-22)24-7-8-43(13-24)25-15-50-16-25/h1-6,9-10,12,24-25H,7-8,11,13-19H2,(H,42,49)/t24-,32-/m0/s1. The summed E-state index contributed by atoms with van der Waals surface area (Å²) >= 11 is 0. The van der Waals surface area contributed by atoms with E-state index in [0.29, 0.717) is 40.2 Å². The molecule has 5 aliphatic rings. The highest BCUT2D eigenvalue weighted by atomic mass is 19.4. The molecule has 4 amide bonds. The van der Waals surface area contributed by atoms with E-state index in [0.717, 1.165) is 31.6 Å². The number of likely N-dealkylation sites (tertiary alicyclic amines) is 1. The lowest BCUT2D eigenvalue weighted by Crippen LogP contribution is -2.72. The number of benzene rings is 2. The van der Waals surface area contributed by atoms with E-state index in [-0.39, 0.29) is 17.2 Å². The average molecular weight is 719 g/mol. The van der Waals surface area contributed by atoms with Crippen LogP contribution in [0.1, 0.15) is 35.6 Å². The summed E-state index contributed by atoms with van der Waals surface area (Å²) in [6, 6.07) is 7.84. The molecule has 5 heterocycles. The second kappa shape index (κ2) is 11.8. The number of fused-ring (bicyclic) bond motifs is 2. The van der Waals surface area contributed by atoms with E-state index in [1.54, 1.807) is 12.4 Å². The third-order valence-electron chi connectivity index (χ3n) is 10.8.